The molecule has 0 atom stereocenters. The third-order valence-electron chi connectivity index (χ3n) is 1.99. The molecule has 9 heteroatoms. The number of rotatable bonds is 5. The molecule has 2 amide bonds. The fourth-order valence-corrected chi connectivity index (χ4v) is 2.46. The number of amides is 2. The highest BCUT2D eigenvalue weighted by atomic mass is 79.9. The van der Waals surface area contributed by atoms with E-state index in [2.05, 4.69) is 26.0 Å². The predicted octanol–water partition coefficient (Wildman–Crippen LogP) is -0.0221. The zero-order valence-electron chi connectivity index (χ0n) is 9.31. The molecule has 0 unspecified atom stereocenters. The second-order valence-electron chi connectivity index (χ2n) is 3.37. The van der Waals surface area contributed by atoms with Crippen LogP contribution in [0.2, 0.25) is 0 Å². The average Bonchev–Trinajstić information content (AvgIpc) is 2.28. The van der Waals surface area contributed by atoms with Crippen molar-refractivity contribution in [2.24, 2.45) is 5.73 Å². The first-order chi connectivity index (χ1) is 8.33. The summed E-state index contributed by atoms with van der Waals surface area (Å²) in [5.74, 6) is 0. The summed E-state index contributed by atoms with van der Waals surface area (Å²) in [5.41, 5.74) is 10.8. The van der Waals surface area contributed by atoms with Crippen molar-refractivity contribution in [2.75, 3.05) is 18.8 Å². The van der Waals surface area contributed by atoms with Crippen molar-refractivity contribution in [1.29, 1.82) is 0 Å². The summed E-state index contributed by atoms with van der Waals surface area (Å²) in [5, 5.41) is 2.27. The molecule has 1 rings (SSSR count). The molecule has 0 saturated carbocycles. The Bertz CT molecular complexity index is 547. The van der Waals surface area contributed by atoms with Crippen LogP contribution in [0, 0.1) is 0 Å². The van der Waals surface area contributed by atoms with Crippen molar-refractivity contribution in [1.82, 2.24) is 10.0 Å². The highest BCUT2D eigenvalue weighted by Gasteiger charge is 2.14. The molecule has 1 aromatic rings. The van der Waals surface area contributed by atoms with Crippen molar-refractivity contribution in [3.8, 4) is 0 Å². The molecule has 0 saturated heterocycles. The predicted molar refractivity (Wildman–Crippen MR) is 71.3 cm³/mol. The van der Waals surface area contributed by atoms with Gasteiger partial charge in [-0.15, -0.1) is 0 Å². The maximum atomic E-state index is 11.8. The number of carbonyl (C=O) groups is 1. The molecule has 7 nitrogen and oxygen atoms in total. The van der Waals surface area contributed by atoms with Gasteiger partial charge in [0, 0.05) is 23.2 Å². The number of halogens is 1. The number of carbonyl (C=O) groups excluding carboxylic acids is 1. The van der Waals surface area contributed by atoms with Gasteiger partial charge in [-0.2, -0.15) is 0 Å². The maximum absolute atomic E-state index is 11.8. The van der Waals surface area contributed by atoms with E-state index < -0.39 is 16.1 Å². The van der Waals surface area contributed by atoms with Gasteiger partial charge in [-0.3, -0.25) is 0 Å². The van der Waals surface area contributed by atoms with Gasteiger partial charge in [-0.25, -0.2) is 17.9 Å². The molecule has 1 aromatic carbocycles. The molecule has 6 N–H and O–H groups in total. The van der Waals surface area contributed by atoms with Crippen LogP contribution in [0.25, 0.3) is 0 Å². The van der Waals surface area contributed by atoms with E-state index in [1.54, 1.807) is 6.07 Å². The lowest BCUT2D eigenvalue weighted by molar-refractivity contribution is 0.249. The number of nitrogens with two attached hydrogens (primary N) is 2. The van der Waals surface area contributed by atoms with Gasteiger partial charge >= 0.3 is 6.03 Å². The molecule has 0 heterocycles. The first-order valence-electron chi connectivity index (χ1n) is 4.91. The van der Waals surface area contributed by atoms with Crippen LogP contribution >= 0.6 is 15.9 Å². The second-order valence-corrected chi connectivity index (χ2v) is 5.99. The number of nitrogen functional groups attached to an aromatic ring is 1. The van der Waals surface area contributed by atoms with Crippen molar-refractivity contribution < 1.29 is 13.2 Å². The average molecular weight is 337 g/mol. The van der Waals surface area contributed by atoms with Gasteiger partial charge in [-0.1, -0.05) is 0 Å². The number of nitrogens with one attached hydrogen (secondary N) is 2. The summed E-state index contributed by atoms with van der Waals surface area (Å²) in [6.45, 7) is 0.155. The number of urea groups is 1. The number of anilines is 1. The number of benzene rings is 1. The summed E-state index contributed by atoms with van der Waals surface area (Å²) < 4.78 is 26.6. The number of hydrogen-bond acceptors (Lipinski definition) is 4. The Hall–Kier alpha value is -1.32. The summed E-state index contributed by atoms with van der Waals surface area (Å²) in [4.78, 5) is 10.4. The van der Waals surface area contributed by atoms with Gasteiger partial charge in [0.25, 0.3) is 0 Å². The Morgan fingerprint density at radius 1 is 1.33 bits per heavy atom. The molecule has 100 valence electrons. The minimum Gasteiger partial charge on any atom is -0.398 e. The van der Waals surface area contributed by atoms with Crippen molar-refractivity contribution >= 4 is 37.7 Å². The Labute approximate surface area is 113 Å². The molecule has 0 radical (unpaired) electrons. The molecule has 18 heavy (non-hydrogen) atoms. The van der Waals surface area contributed by atoms with E-state index in [0.29, 0.717) is 10.2 Å². The third kappa shape index (κ3) is 4.17. The molecule has 0 bridgehead atoms. The molecular weight excluding hydrogens is 324 g/mol. The van der Waals surface area contributed by atoms with Crippen LogP contribution in [0.15, 0.2) is 27.6 Å². The SMILES string of the molecule is NC(=O)NCCNS(=O)(=O)c1ccc(Br)c(N)c1. The van der Waals surface area contributed by atoms with Crippen LogP contribution in [-0.4, -0.2) is 27.5 Å². The number of sulfonamides is 1. The Balaban J connectivity index is 2.68. The second kappa shape index (κ2) is 6.03. The number of primary amides is 1. The third-order valence-corrected chi connectivity index (χ3v) is 4.17. The maximum Gasteiger partial charge on any atom is 0.312 e. The summed E-state index contributed by atoms with van der Waals surface area (Å²) in [7, 11) is -3.64. The van der Waals surface area contributed by atoms with Crippen molar-refractivity contribution in [3.05, 3.63) is 22.7 Å². The minimum atomic E-state index is -3.64. The van der Waals surface area contributed by atoms with E-state index >= 15 is 0 Å². The topological polar surface area (TPSA) is 127 Å². The minimum absolute atomic E-state index is 0.0429. The van der Waals surface area contributed by atoms with E-state index in [1.165, 1.54) is 12.1 Å². The fraction of sp³-hybridized carbons (Fsp3) is 0.222. The van der Waals surface area contributed by atoms with Gasteiger partial charge in [0.15, 0.2) is 0 Å². The van der Waals surface area contributed by atoms with Gasteiger partial charge in [-0.05, 0) is 34.1 Å². The molecule has 0 fully saturated rings. The summed E-state index contributed by atoms with van der Waals surface area (Å²) in [6, 6.07) is 3.60. The summed E-state index contributed by atoms with van der Waals surface area (Å²) >= 11 is 3.17. The van der Waals surface area contributed by atoms with Crippen LogP contribution in [0.1, 0.15) is 0 Å². The van der Waals surface area contributed by atoms with Crippen molar-refractivity contribution in [2.45, 2.75) is 4.90 Å². The monoisotopic (exact) mass is 336 g/mol. The standard InChI is InChI=1S/C9H13BrN4O3S/c10-7-2-1-6(5-8(7)11)18(16,17)14-4-3-13-9(12)15/h1-2,5,14H,3-4,11H2,(H3,12,13,15). The first kappa shape index (κ1) is 14.7. The first-order valence-corrected chi connectivity index (χ1v) is 7.18. The van der Waals surface area contributed by atoms with Gasteiger partial charge in [0.1, 0.15) is 0 Å². The summed E-state index contributed by atoms with van der Waals surface area (Å²) in [6.07, 6.45) is 0. The molecule has 0 aliphatic carbocycles. The lowest BCUT2D eigenvalue weighted by Gasteiger charge is -2.08. The molecule has 0 spiro atoms. The highest BCUT2D eigenvalue weighted by Crippen LogP contribution is 2.22. The van der Waals surface area contributed by atoms with E-state index in [1.807, 2.05) is 0 Å². The lowest BCUT2D eigenvalue weighted by Crippen LogP contribution is -2.37. The van der Waals surface area contributed by atoms with Gasteiger partial charge < -0.3 is 16.8 Å². The zero-order valence-corrected chi connectivity index (χ0v) is 11.7. The van der Waals surface area contributed by atoms with Crippen LogP contribution in [0.3, 0.4) is 0 Å². The van der Waals surface area contributed by atoms with Crippen LogP contribution in [-0.2, 0) is 10.0 Å². The lowest BCUT2D eigenvalue weighted by atomic mass is 10.3. The zero-order chi connectivity index (χ0) is 13.8. The fourth-order valence-electron chi connectivity index (χ4n) is 1.14. The van der Waals surface area contributed by atoms with Crippen LogP contribution in [0.5, 0.6) is 0 Å². The van der Waals surface area contributed by atoms with E-state index in [0.717, 1.165) is 0 Å². The molecule has 0 aliphatic heterocycles. The van der Waals surface area contributed by atoms with Gasteiger partial charge in [0.05, 0.1) is 4.90 Å². The van der Waals surface area contributed by atoms with E-state index in [-0.39, 0.29) is 18.0 Å². The largest absolute Gasteiger partial charge is 0.398 e. The molecule has 0 aromatic heterocycles. The van der Waals surface area contributed by atoms with E-state index in [4.69, 9.17) is 11.5 Å². The molecular formula is C9H13BrN4O3S. The van der Waals surface area contributed by atoms with Crippen molar-refractivity contribution in [3.63, 3.8) is 0 Å². The Morgan fingerprint density at radius 3 is 2.56 bits per heavy atom. The Kier molecular flexibility index (Phi) is 4.93. The normalized spacial score (nSPS) is 11.2. The van der Waals surface area contributed by atoms with E-state index in [9.17, 15) is 13.2 Å². The molecule has 0 aliphatic rings. The Morgan fingerprint density at radius 2 is 2.00 bits per heavy atom. The highest BCUT2D eigenvalue weighted by molar-refractivity contribution is 9.10. The quantitative estimate of drug-likeness (QED) is 0.445. The van der Waals surface area contributed by atoms with Crippen LogP contribution in [0.4, 0.5) is 10.5 Å². The smallest absolute Gasteiger partial charge is 0.312 e. The van der Waals surface area contributed by atoms with Crippen LogP contribution < -0.4 is 21.5 Å². The van der Waals surface area contributed by atoms with Gasteiger partial charge in [0.2, 0.25) is 10.0 Å². The number of hydrogen-bond donors (Lipinski definition) is 4.